The van der Waals surface area contributed by atoms with E-state index in [1.807, 2.05) is 0 Å². The van der Waals surface area contributed by atoms with Crippen LogP contribution in [0.1, 0.15) is 23.4 Å². The molecule has 1 heterocycles. The van der Waals surface area contributed by atoms with Crippen LogP contribution in [-0.4, -0.2) is 23.8 Å². The molecule has 0 radical (unpaired) electrons. The summed E-state index contributed by atoms with van der Waals surface area (Å²) in [6, 6.07) is 6.16. The van der Waals surface area contributed by atoms with Crippen LogP contribution in [0, 0.1) is 5.82 Å². The number of methoxy groups -OCH3 is 1. The minimum atomic E-state index is -0.389. The Balaban J connectivity index is 2.08. The van der Waals surface area contributed by atoms with E-state index in [2.05, 4.69) is 10.1 Å². The number of ether oxygens (including phenoxy) is 1. The third-order valence-corrected chi connectivity index (χ3v) is 2.53. The highest BCUT2D eigenvalue weighted by Gasteiger charge is 2.16. The quantitative estimate of drug-likeness (QED) is 0.870. The first-order chi connectivity index (χ1) is 8.72. The summed E-state index contributed by atoms with van der Waals surface area (Å²) in [6.45, 7) is 0.273. The molecule has 0 spiro atoms. The molecule has 18 heavy (non-hydrogen) atoms. The maximum atomic E-state index is 12.7. The van der Waals surface area contributed by atoms with Gasteiger partial charge in [0.2, 0.25) is 0 Å². The van der Waals surface area contributed by atoms with Crippen molar-refractivity contribution >= 4 is 0 Å². The predicted molar refractivity (Wildman–Crippen MR) is 62.3 cm³/mol. The Bertz CT molecular complexity index is 494. The van der Waals surface area contributed by atoms with Crippen LogP contribution in [0.2, 0.25) is 0 Å². The number of hydrogen-bond acceptors (Lipinski definition) is 5. The average molecular weight is 251 g/mol. The molecule has 96 valence electrons. The molecular formula is C12H14FN3O2. The largest absolute Gasteiger partial charge is 0.370 e. The summed E-state index contributed by atoms with van der Waals surface area (Å²) in [7, 11) is 1.53. The van der Waals surface area contributed by atoms with Gasteiger partial charge >= 0.3 is 0 Å². The van der Waals surface area contributed by atoms with Crippen LogP contribution < -0.4 is 5.73 Å². The van der Waals surface area contributed by atoms with Gasteiger partial charge in [0.1, 0.15) is 11.9 Å². The van der Waals surface area contributed by atoms with E-state index in [1.54, 1.807) is 12.1 Å². The second-order valence-electron chi connectivity index (χ2n) is 3.81. The zero-order chi connectivity index (χ0) is 13.0. The minimum absolute atomic E-state index is 0.268. The van der Waals surface area contributed by atoms with Crippen LogP contribution in [-0.2, 0) is 11.2 Å². The molecule has 1 aromatic heterocycles. The third kappa shape index (κ3) is 2.91. The minimum Gasteiger partial charge on any atom is -0.370 e. The van der Waals surface area contributed by atoms with Gasteiger partial charge in [-0.1, -0.05) is 17.3 Å². The fourth-order valence-corrected chi connectivity index (χ4v) is 1.55. The molecule has 0 aliphatic rings. The van der Waals surface area contributed by atoms with Crippen molar-refractivity contribution < 1.29 is 13.7 Å². The monoisotopic (exact) mass is 251 g/mol. The number of halogens is 1. The van der Waals surface area contributed by atoms with E-state index in [-0.39, 0.29) is 18.5 Å². The van der Waals surface area contributed by atoms with Crippen LogP contribution in [0.25, 0.3) is 0 Å². The zero-order valence-electron chi connectivity index (χ0n) is 9.97. The SMILES string of the molecule is COC(CN)c1nc(Cc2ccc(F)cc2)no1. The molecule has 6 heteroatoms. The number of aromatic nitrogens is 2. The van der Waals surface area contributed by atoms with Gasteiger partial charge in [-0.05, 0) is 17.7 Å². The number of benzene rings is 1. The fraction of sp³-hybridized carbons (Fsp3) is 0.333. The van der Waals surface area contributed by atoms with Crippen LogP contribution in [0.4, 0.5) is 4.39 Å². The van der Waals surface area contributed by atoms with Crippen molar-refractivity contribution in [3.63, 3.8) is 0 Å². The second kappa shape index (κ2) is 5.70. The fourth-order valence-electron chi connectivity index (χ4n) is 1.55. The summed E-state index contributed by atoms with van der Waals surface area (Å²) in [4.78, 5) is 4.19. The van der Waals surface area contributed by atoms with Gasteiger partial charge in [0.25, 0.3) is 5.89 Å². The first kappa shape index (κ1) is 12.7. The van der Waals surface area contributed by atoms with E-state index < -0.39 is 0 Å². The molecule has 0 amide bonds. The Morgan fingerprint density at radius 1 is 1.39 bits per heavy atom. The van der Waals surface area contributed by atoms with Gasteiger partial charge in [0, 0.05) is 20.1 Å². The lowest BCUT2D eigenvalue weighted by Gasteiger charge is -2.05. The molecule has 1 atom stereocenters. The molecular weight excluding hydrogens is 237 g/mol. The summed E-state index contributed by atoms with van der Waals surface area (Å²) in [5, 5.41) is 3.84. The molecule has 5 nitrogen and oxygen atoms in total. The van der Waals surface area contributed by atoms with Crippen molar-refractivity contribution in [2.75, 3.05) is 13.7 Å². The lowest BCUT2D eigenvalue weighted by molar-refractivity contribution is 0.0804. The molecule has 0 fully saturated rings. The molecule has 0 saturated heterocycles. The number of nitrogens with zero attached hydrogens (tertiary/aromatic N) is 2. The first-order valence-corrected chi connectivity index (χ1v) is 5.52. The van der Waals surface area contributed by atoms with Crippen LogP contribution >= 0.6 is 0 Å². The van der Waals surface area contributed by atoms with E-state index in [9.17, 15) is 4.39 Å². The van der Waals surface area contributed by atoms with Crippen LogP contribution in [0.3, 0.4) is 0 Å². The molecule has 1 unspecified atom stereocenters. The predicted octanol–water partition coefficient (Wildman–Crippen LogP) is 1.45. The Kier molecular flexibility index (Phi) is 4.01. The van der Waals surface area contributed by atoms with Crippen molar-refractivity contribution in [1.29, 1.82) is 0 Å². The maximum absolute atomic E-state index is 12.7. The normalized spacial score (nSPS) is 12.6. The highest BCUT2D eigenvalue weighted by molar-refractivity contribution is 5.19. The first-order valence-electron chi connectivity index (χ1n) is 5.52. The smallest absolute Gasteiger partial charge is 0.257 e. The second-order valence-corrected chi connectivity index (χ2v) is 3.81. The van der Waals surface area contributed by atoms with Gasteiger partial charge in [-0.3, -0.25) is 0 Å². The number of hydrogen-bond donors (Lipinski definition) is 1. The lowest BCUT2D eigenvalue weighted by atomic mass is 10.1. The Morgan fingerprint density at radius 3 is 2.72 bits per heavy atom. The van der Waals surface area contributed by atoms with Gasteiger partial charge in [-0.25, -0.2) is 4.39 Å². The van der Waals surface area contributed by atoms with Crippen LogP contribution in [0.5, 0.6) is 0 Å². The van der Waals surface area contributed by atoms with Crippen LogP contribution in [0.15, 0.2) is 28.8 Å². The van der Waals surface area contributed by atoms with E-state index in [0.717, 1.165) is 5.56 Å². The van der Waals surface area contributed by atoms with Crippen molar-refractivity contribution in [3.8, 4) is 0 Å². The molecule has 0 bridgehead atoms. The maximum Gasteiger partial charge on any atom is 0.257 e. The highest BCUT2D eigenvalue weighted by Crippen LogP contribution is 2.14. The van der Waals surface area contributed by atoms with Gasteiger partial charge in [-0.2, -0.15) is 4.98 Å². The van der Waals surface area contributed by atoms with Gasteiger partial charge in [0.15, 0.2) is 5.82 Å². The summed E-state index contributed by atoms with van der Waals surface area (Å²) >= 11 is 0. The van der Waals surface area contributed by atoms with Gasteiger partial charge < -0.3 is 15.0 Å². The van der Waals surface area contributed by atoms with Crippen molar-refractivity contribution in [1.82, 2.24) is 10.1 Å². The van der Waals surface area contributed by atoms with E-state index in [1.165, 1.54) is 19.2 Å². The standard InChI is InChI=1S/C12H14FN3O2/c1-17-10(7-14)12-15-11(16-18-12)6-8-2-4-9(13)5-3-8/h2-5,10H,6-7,14H2,1H3. The van der Waals surface area contributed by atoms with Gasteiger partial charge in [-0.15, -0.1) is 0 Å². The molecule has 2 N–H and O–H groups in total. The molecule has 0 aliphatic carbocycles. The van der Waals surface area contributed by atoms with Crippen molar-refractivity contribution in [2.45, 2.75) is 12.5 Å². The summed E-state index contributed by atoms with van der Waals surface area (Å²) in [6.07, 6.45) is 0.0876. The molecule has 2 aromatic rings. The van der Waals surface area contributed by atoms with E-state index in [0.29, 0.717) is 18.1 Å². The summed E-state index contributed by atoms with van der Waals surface area (Å²) < 4.78 is 22.9. The summed E-state index contributed by atoms with van der Waals surface area (Å²) in [5.41, 5.74) is 6.41. The van der Waals surface area contributed by atoms with Gasteiger partial charge in [0.05, 0.1) is 0 Å². The topological polar surface area (TPSA) is 74.2 Å². The molecule has 0 saturated carbocycles. The number of rotatable bonds is 5. The Labute approximate surface area is 104 Å². The zero-order valence-corrected chi connectivity index (χ0v) is 9.97. The van der Waals surface area contributed by atoms with Crippen molar-refractivity contribution in [2.24, 2.45) is 5.73 Å². The number of nitrogens with two attached hydrogens (primary N) is 1. The van der Waals surface area contributed by atoms with E-state index >= 15 is 0 Å². The molecule has 1 aromatic carbocycles. The highest BCUT2D eigenvalue weighted by atomic mass is 19.1. The Hall–Kier alpha value is -1.79. The third-order valence-electron chi connectivity index (χ3n) is 2.53. The molecule has 2 rings (SSSR count). The van der Waals surface area contributed by atoms with E-state index in [4.69, 9.17) is 15.0 Å². The average Bonchev–Trinajstić information content (AvgIpc) is 2.82. The van der Waals surface area contributed by atoms with Crippen molar-refractivity contribution in [3.05, 3.63) is 47.4 Å². The Morgan fingerprint density at radius 2 is 2.11 bits per heavy atom. The lowest BCUT2D eigenvalue weighted by Crippen LogP contribution is -2.14. The summed E-state index contributed by atoms with van der Waals surface area (Å²) in [5.74, 6) is 0.611. The molecule has 0 aliphatic heterocycles.